The van der Waals surface area contributed by atoms with Crippen LogP contribution in [0, 0.1) is 5.92 Å². The van der Waals surface area contributed by atoms with E-state index >= 15 is 0 Å². The summed E-state index contributed by atoms with van der Waals surface area (Å²) in [7, 11) is 0. The van der Waals surface area contributed by atoms with Crippen molar-refractivity contribution in [2.24, 2.45) is 5.92 Å². The highest BCUT2D eigenvalue weighted by Crippen LogP contribution is 2.25. The first-order chi connectivity index (χ1) is 17.1. The Hall–Kier alpha value is -4.57. The maximum Gasteiger partial charge on any atom is 0.343 e. The Morgan fingerprint density at radius 3 is 1.43 bits per heavy atom. The minimum Gasteiger partial charge on any atom is -0.427 e. The predicted octanol–water partition coefficient (Wildman–Crippen LogP) is 6.66. The average molecular weight is 461 g/mol. The van der Waals surface area contributed by atoms with E-state index in [2.05, 4.69) is 0 Å². The number of carbonyl (C=O) groups excluding carboxylic acids is 3. The predicted molar refractivity (Wildman–Crippen MR) is 136 cm³/mol. The van der Waals surface area contributed by atoms with E-state index in [0.29, 0.717) is 16.7 Å². The molecule has 0 N–H and O–H groups in total. The van der Waals surface area contributed by atoms with E-state index in [4.69, 9.17) is 4.74 Å². The van der Waals surface area contributed by atoms with Crippen molar-refractivity contribution < 1.29 is 19.1 Å². The number of hydrogen-bond acceptors (Lipinski definition) is 4. The molecule has 0 amide bonds. The van der Waals surface area contributed by atoms with Crippen LogP contribution in [0.1, 0.15) is 43.1 Å². The van der Waals surface area contributed by atoms with Crippen molar-refractivity contribution in [3.63, 3.8) is 0 Å². The third kappa shape index (κ3) is 6.27. The van der Waals surface area contributed by atoms with Crippen LogP contribution in [-0.2, 0) is 4.74 Å². The lowest BCUT2D eigenvalue weighted by Gasteiger charge is -2.18. The van der Waals surface area contributed by atoms with E-state index in [1.165, 1.54) is 0 Å². The summed E-state index contributed by atoms with van der Waals surface area (Å²) in [6.45, 7) is 0. The Bertz CT molecular complexity index is 1260. The Morgan fingerprint density at radius 2 is 0.971 bits per heavy atom. The molecule has 4 nitrogen and oxygen atoms in total. The molecule has 0 aromatic heterocycles. The van der Waals surface area contributed by atoms with Gasteiger partial charge in [0.25, 0.3) is 0 Å². The van der Waals surface area contributed by atoms with Gasteiger partial charge in [0.15, 0.2) is 11.6 Å². The van der Waals surface area contributed by atoms with E-state index in [1.54, 1.807) is 78.9 Å². The lowest BCUT2D eigenvalue weighted by molar-refractivity contribution is 0.0591. The molecular formula is C31H24O4. The fourth-order valence-electron chi connectivity index (χ4n) is 3.73. The number of esters is 1. The number of rotatable bonds is 9. The molecule has 0 aliphatic carbocycles. The summed E-state index contributed by atoms with van der Waals surface area (Å²) in [5.74, 6) is -2.02. The summed E-state index contributed by atoms with van der Waals surface area (Å²) in [4.78, 5) is 39.9. The van der Waals surface area contributed by atoms with Crippen molar-refractivity contribution >= 4 is 23.6 Å². The van der Waals surface area contributed by atoms with Crippen molar-refractivity contribution in [2.75, 3.05) is 0 Å². The molecule has 0 aliphatic heterocycles. The smallest absolute Gasteiger partial charge is 0.343 e. The van der Waals surface area contributed by atoms with Gasteiger partial charge in [-0.05, 0) is 23.8 Å². The third-order valence-electron chi connectivity index (χ3n) is 5.52. The van der Waals surface area contributed by atoms with Crippen molar-refractivity contribution in [1.29, 1.82) is 0 Å². The molecule has 0 saturated heterocycles. The molecule has 0 heterocycles. The molecule has 0 bridgehead atoms. The van der Waals surface area contributed by atoms with Gasteiger partial charge in [0.1, 0.15) is 5.76 Å². The summed E-state index contributed by atoms with van der Waals surface area (Å²) < 4.78 is 5.76. The molecule has 0 unspecified atom stereocenters. The zero-order chi connectivity index (χ0) is 24.5. The second kappa shape index (κ2) is 11.5. The molecule has 0 saturated carbocycles. The minimum atomic E-state index is -1.06. The first-order valence-corrected chi connectivity index (χ1v) is 11.3. The van der Waals surface area contributed by atoms with Crippen LogP contribution in [0.3, 0.4) is 0 Å². The molecule has 4 heteroatoms. The van der Waals surface area contributed by atoms with Crippen LogP contribution in [0.25, 0.3) is 6.08 Å². The molecule has 4 aromatic carbocycles. The Morgan fingerprint density at radius 1 is 0.571 bits per heavy atom. The number of ketones is 2. The number of hydrogen-bond donors (Lipinski definition) is 0. The second-order valence-electron chi connectivity index (χ2n) is 7.99. The Labute approximate surface area is 204 Å². The molecular weight excluding hydrogens is 436 g/mol. The van der Waals surface area contributed by atoms with Crippen LogP contribution >= 0.6 is 0 Å². The number of carbonyl (C=O) groups is 3. The fraction of sp³-hybridized carbons (Fsp3) is 0.0645. The fourth-order valence-corrected chi connectivity index (χ4v) is 3.73. The second-order valence-corrected chi connectivity index (χ2v) is 7.99. The van der Waals surface area contributed by atoms with Crippen molar-refractivity contribution in [2.45, 2.75) is 6.42 Å². The van der Waals surface area contributed by atoms with Crippen LogP contribution < -0.4 is 0 Å². The van der Waals surface area contributed by atoms with Crippen LogP contribution in [0.15, 0.2) is 127 Å². The highest BCUT2D eigenvalue weighted by atomic mass is 16.5. The van der Waals surface area contributed by atoms with Gasteiger partial charge in [-0.2, -0.15) is 0 Å². The largest absolute Gasteiger partial charge is 0.427 e. The molecule has 0 atom stereocenters. The number of benzene rings is 4. The van der Waals surface area contributed by atoms with Crippen molar-refractivity contribution in [3.8, 4) is 0 Å². The van der Waals surface area contributed by atoms with Crippen LogP contribution in [0.2, 0.25) is 0 Å². The first kappa shape index (κ1) is 23.6. The van der Waals surface area contributed by atoms with Crippen LogP contribution in [0.4, 0.5) is 0 Å². The summed E-state index contributed by atoms with van der Waals surface area (Å²) in [6, 6.07) is 35.4. The summed E-state index contributed by atoms with van der Waals surface area (Å²) in [6.07, 6.45) is 1.64. The highest BCUT2D eigenvalue weighted by Gasteiger charge is 2.30. The Kier molecular flexibility index (Phi) is 7.77. The van der Waals surface area contributed by atoms with Crippen LogP contribution in [0.5, 0.6) is 0 Å². The van der Waals surface area contributed by atoms with E-state index in [-0.39, 0.29) is 23.7 Å². The average Bonchev–Trinajstić information content (AvgIpc) is 2.93. The van der Waals surface area contributed by atoms with E-state index in [1.807, 2.05) is 48.5 Å². The van der Waals surface area contributed by atoms with Crippen molar-refractivity contribution in [3.05, 3.63) is 149 Å². The molecule has 0 radical (unpaired) electrons. The summed E-state index contributed by atoms with van der Waals surface area (Å²) in [5.41, 5.74) is 2.03. The van der Waals surface area contributed by atoms with Gasteiger partial charge >= 0.3 is 5.97 Å². The quantitative estimate of drug-likeness (QED) is 0.121. The van der Waals surface area contributed by atoms with Gasteiger partial charge in [0.2, 0.25) is 0 Å². The molecule has 35 heavy (non-hydrogen) atoms. The molecule has 172 valence electrons. The zero-order valence-electron chi connectivity index (χ0n) is 19.0. The van der Waals surface area contributed by atoms with Gasteiger partial charge in [-0.1, -0.05) is 109 Å². The van der Waals surface area contributed by atoms with Gasteiger partial charge in [-0.25, -0.2) is 4.79 Å². The standard InChI is InChI=1S/C31H24O4/c32-29(24-15-7-2-8-16-24)28(30(33)25-17-9-3-10-18-25)22-27(21-23-13-5-1-6-14-23)35-31(34)26-19-11-4-12-20-26/h1-21,28H,22H2/b27-21-. The van der Waals surface area contributed by atoms with Gasteiger partial charge in [-0.3, -0.25) is 9.59 Å². The lowest BCUT2D eigenvalue weighted by Crippen LogP contribution is -2.26. The maximum absolute atomic E-state index is 13.5. The summed E-state index contributed by atoms with van der Waals surface area (Å²) in [5, 5.41) is 0. The van der Waals surface area contributed by atoms with Gasteiger partial charge < -0.3 is 4.74 Å². The summed E-state index contributed by atoms with van der Waals surface area (Å²) >= 11 is 0. The lowest BCUT2D eigenvalue weighted by atomic mass is 9.86. The number of ether oxygens (including phenoxy) is 1. The molecule has 4 aromatic rings. The molecule has 0 spiro atoms. The SMILES string of the molecule is O=C(O/C(=C\c1ccccc1)CC(C(=O)c1ccccc1)C(=O)c1ccccc1)c1ccccc1. The van der Waals surface area contributed by atoms with E-state index in [0.717, 1.165) is 5.56 Å². The van der Waals surface area contributed by atoms with E-state index in [9.17, 15) is 14.4 Å². The van der Waals surface area contributed by atoms with Crippen molar-refractivity contribution in [1.82, 2.24) is 0 Å². The van der Waals surface area contributed by atoms with Crippen LogP contribution in [-0.4, -0.2) is 17.5 Å². The molecule has 0 aliphatic rings. The normalized spacial score (nSPS) is 11.2. The Balaban J connectivity index is 1.71. The molecule has 0 fully saturated rings. The monoisotopic (exact) mass is 460 g/mol. The zero-order valence-corrected chi connectivity index (χ0v) is 19.0. The minimum absolute atomic E-state index is 0.0606. The van der Waals surface area contributed by atoms with Gasteiger partial charge in [-0.15, -0.1) is 0 Å². The van der Waals surface area contributed by atoms with E-state index < -0.39 is 11.9 Å². The first-order valence-electron chi connectivity index (χ1n) is 11.3. The molecule has 4 rings (SSSR count). The number of Topliss-reactive ketones (excluding diaryl/α,β-unsaturated/α-hetero) is 2. The third-order valence-corrected chi connectivity index (χ3v) is 5.52. The van der Waals surface area contributed by atoms with Gasteiger partial charge in [0, 0.05) is 17.5 Å². The maximum atomic E-state index is 13.5. The topological polar surface area (TPSA) is 60.4 Å². The highest BCUT2D eigenvalue weighted by molar-refractivity contribution is 6.16. The van der Waals surface area contributed by atoms with Gasteiger partial charge in [0.05, 0.1) is 11.5 Å². The number of allylic oxidation sites excluding steroid dienone is 1.